The minimum atomic E-state index is -1.21. The van der Waals surface area contributed by atoms with Crippen molar-refractivity contribution in [1.82, 2.24) is 20.4 Å². The maximum atomic E-state index is 13.4. The van der Waals surface area contributed by atoms with E-state index in [9.17, 15) is 18.4 Å². The summed E-state index contributed by atoms with van der Waals surface area (Å²) in [7, 11) is 3.82. The predicted octanol–water partition coefficient (Wildman–Crippen LogP) is 4.98. The van der Waals surface area contributed by atoms with Crippen molar-refractivity contribution in [2.75, 3.05) is 19.4 Å². The predicted molar refractivity (Wildman–Crippen MR) is 136 cm³/mol. The Morgan fingerprint density at radius 1 is 1.06 bits per heavy atom. The second-order valence-electron chi connectivity index (χ2n) is 7.27. The van der Waals surface area contributed by atoms with E-state index in [-0.39, 0.29) is 53.5 Å². The Morgan fingerprint density at radius 3 is 2.31 bits per heavy atom. The molecular weight excluding hydrogens is 525 g/mol. The van der Waals surface area contributed by atoms with Crippen molar-refractivity contribution in [3.05, 3.63) is 75.9 Å². The number of aromatic amines is 1. The van der Waals surface area contributed by atoms with Crippen LogP contribution >= 0.6 is 36.4 Å². The third-order valence-corrected chi connectivity index (χ3v) is 4.95. The first-order valence-electron chi connectivity index (χ1n) is 9.75. The van der Waals surface area contributed by atoms with Crippen LogP contribution in [-0.2, 0) is 6.54 Å². The third-order valence-electron chi connectivity index (χ3n) is 4.64. The minimum Gasteiger partial charge on any atom is -0.366 e. The van der Waals surface area contributed by atoms with Crippen LogP contribution in [0.2, 0.25) is 5.02 Å². The lowest BCUT2D eigenvalue weighted by atomic mass is 10.2. The van der Waals surface area contributed by atoms with Gasteiger partial charge in [0.15, 0.2) is 17.3 Å². The van der Waals surface area contributed by atoms with Crippen molar-refractivity contribution in [1.29, 1.82) is 0 Å². The molecule has 3 aromatic rings. The smallest absolute Gasteiger partial charge is 0.272 e. The molecule has 35 heavy (non-hydrogen) atoms. The molecule has 1 aromatic heterocycles. The number of carbonyl (C=O) groups excluding carboxylic acids is 2. The van der Waals surface area contributed by atoms with Crippen molar-refractivity contribution in [3.8, 4) is 0 Å². The molecule has 3 N–H and O–H groups in total. The molecule has 2 aromatic carbocycles. The molecule has 0 saturated heterocycles. The molecule has 0 aliphatic carbocycles. The first kappa shape index (κ1) is 29.8. The maximum Gasteiger partial charge on any atom is 0.272 e. The Morgan fingerprint density at radius 2 is 1.69 bits per heavy atom. The van der Waals surface area contributed by atoms with E-state index in [4.69, 9.17) is 11.6 Å². The van der Waals surface area contributed by atoms with Crippen molar-refractivity contribution < 1.29 is 18.4 Å². The Hall–Kier alpha value is -3.21. The van der Waals surface area contributed by atoms with Crippen molar-refractivity contribution in [2.24, 2.45) is 4.99 Å². The highest BCUT2D eigenvalue weighted by Gasteiger charge is 2.17. The summed E-state index contributed by atoms with van der Waals surface area (Å²) in [5, 5.41) is 11.2. The number of aromatic nitrogens is 2. The largest absolute Gasteiger partial charge is 0.366 e. The van der Waals surface area contributed by atoms with Gasteiger partial charge >= 0.3 is 0 Å². The van der Waals surface area contributed by atoms with E-state index in [0.717, 1.165) is 17.1 Å². The highest BCUT2D eigenvalue weighted by atomic mass is 35.5. The van der Waals surface area contributed by atoms with Gasteiger partial charge in [0.1, 0.15) is 11.7 Å². The Balaban J connectivity index is 0.00000306. The lowest BCUT2D eigenvalue weighted by Crippen LogP contribution is -2.23. The number of anilines is 1. The Bertz CT molecular complexity index is 1220. The molecular formula is C22H23Cl3F2N6O2. The summed E-state index contributed by atoms with van der Waals surface area (Å²) in [6.07, 6.45) is 0. The maximum absolute atomic E-state index is 13.4. The molecule has 0 saturated carbocycles. The van der Waals surface area contributed by atoms with Crippen LogP contribution in [-0.4, -0.2) is 46.8 Å². The molecule has 0 radical (unpaired) electrons. The van der Waals surface area contributed by atoms with E-state index >= 15 is 0 Å². The molecule has 0 bridgehead atoms. The summed E-state index contributed by atoms with van der Waals surface area (Å²) in [6, 6.07) is 10.1. The molecule has 0 unspecified atom stereocenters. The zero-order chi connectivity index (χ0) is 24.1. The highest BCUT2D eigenvalue weighted by Crippen LogP contribution is 2.21. The highest BCUT2D eigenvalue weighted by molar-refractivity contribution is 6.34. The Labute approximate surface area is 218 Å². The third kappa shape index (κ3) is 7.91. The van der Waals surface area contributed by atoms with Crippen molar-refractivity contribution in [3.63, 3.8) is 0 Å². The monoisotopic (exact) mass is 546 g/mol. The Kier molecular flexibility index (Phi) is 11.1. The number of benzene rings is 2. The van der Waals surface area contributed by atoms with Crippen LogP contribution in [0.1, 0.15) is 33.3 Å². The SMILES string of the molecule is C/C(=N\c1ccc(CNC(=O)c2cc(NC(=O)c3cc(F)c(F)cc3Cl)[nH]n2)cc1)N(C)C.Cl.Cl. The number of amidine groups is 1. The number of aliphatic imine (C=N–C) groups is 1. The van der Waals surface area contributed by atoms with E-state index in [1.807, 2.05) is 50.2 Å². The van der Waals surface area contributed by atoms with Crippen LogP contribution in [0, 0.1) is 11.6 Å². The van der Waals surface area contributed by atoms with Crippen LogP contribution in [0.15, 0.2) is 47.5 Å². The topological polar surface area (TPSA) is 102 Å². The second kappa shape index (κ2) is 13.0. The fraction of sp³-hybridized carbons (Fsp3) is 0.182. The molecule has 0 atom stereocenters. The van der Waals surface area contributed by atoms with Gasteiger partial charge in [-0.25, -0.2) is 13.8 Å². The fourth-order valence-corrected chi connectivity index (χ4v) is 2.87. The number of rotatable bonds is 6. The molecule has 3 rings (SSSR count). The van der Waals surface area contributed by atoms with Gasteiger partial charge in [0.2, 0.25) is 0 Å². The number of amides is 2. The normalized spacial score (nSPS) is 10.6. The van der Waals surface area contributed by atoms with Crippen molar-refractivity contribution >= 4 is 65.6 Å². The molecule has 0 aliphatic rings. The van der Waals surface area contributed by atoms with E-state index in [1.165, 1.54) is 6.07 Å². The van der Waals surface area contributed by atoms with Gasteiger partial charge in [-0.3, -0.25) is 14.7 Å². The average Bonchev–Trinajstić information content (AvgIpc) is 3.24. The standard InChI is InChI=1S/C22H21ClF2N6O2.2ClH/c1-12(31(2)3)27-14-6-4-13(5-7-14)11-26-22(33)19-10-20(30-29-19)28-21(32)15-8-17(24)18(25)9-16(15)23;;/h4-10H,11H2,1-3H3,(H,26,33)(H2,28,29,30,32);2*1H/b27-12+;;. The number of hydrogen-bond donors (Lipinski definition) is 3. The summed E-state index contributed by atoms with van der Waals surface area (Å²) in [6.45, 7) is 2.16. The summed E-state index contributed by atoms with van der Waals surface area (Å²) >= 11 is 5.80. The molecule has 8 nitrogen and oxygen atoms in total. The molecule has 188 valence electrons. The number of nitrogens with zero attached hydrogens (tertiary/aromatic N) is 3. The van der Waals surface area contributed by atoms with Gasteiger partial charge in [0.05, 0.1) is 16.3 Å². The molecule has 2 amide bonds. The van der Waals surface area contributed by atoms with Gasteiger partial charge in [-0.15, -0.1) is 24.8 Å². The van der Waals surface area contributed by atoms with E-state index in [0.29, 0.717) is 12.1 Å². The molecule has 0 aliphatic heterocycles. The van der Waals surface area contributed by atoms with Crippen LogP contribution < -0.4 is 10.6 Å². The average molecular weight is 548 g/mol. The van der Waals surface area contributed by atoms with E-state index < -0.39 is 23.4 Å². The van der Waals surface area contributed by atoms with Crippen LogP contribution in [0.25, 0.3) is 0 Å². The van der Waals surface area contributed by atoms with Gasteiger partial charge in [-0.05, 0) is 36.8 Å². The number of H-pyrrole nitrogens is 1. The quantitative estimate of drug-likeness (QED) is 0.230. The van der Waals surface area contributed by atoms with Gasteiger partial charge in [0.25, 0.3) is 11.8 Å². The minimum absolute atomic E-state index is 0. The first-order chi connectivity index (χ1) is 15.6. The lowest BCUT2D eigenvalue weighted by molar-refractivity contribution is 0.0945. The number of halogens is 5. The van der Waals surface area contributed by atoms with E-state index in [1.54, 1.807) is 0 Å². The van der Waals surface area contributed by atoms with Crippen LogP contribution in [0.5, 0.6) is 0 Å². The molecule has 0 spiro atoms. The summed E-state index contributed by atoms with van der Waals surface area (Å²) in [5.74, 6) is -2.68. The summed E-state index contributed by atoms with van der Waals surface area (Å²) in [4.78, 5) is 31.0. The zero-order valence-corrected chi connectivity index (χ0v) is 21.2. The van der Waals surface area contributed by atoms with Gasteiger partial charge < -0.3 is 15.5 Å². The zero-order valence-electron chi connectivity index (χ0n) is 18.9. The van der Waals surface area contributed by atoms with Crippen LogP contribution in [0.4, 0.5) is 20.3 Å². The van der Waals surface area contributed by atoms with Gasteiger partial charge in [-0.2, -0.15) is 5.10 Å². The van der Waals surface area contributed by atoms with Gasteiger partial charge in [0, 0.05) is 26.7 Å². The first-order valence-corrected chi connectivity index (χ1v) is 10.1. The number of nitrogens with one attached hydrogen (secondary N) is 3. The molecule has 13 heteroatoms. The van der Waals surface area contributed by atoms with Crippen LogP contribution in [0.3, 0.4) is 0 Å². The summed E-state index contributed by atoms with van der Waals surface area (Å²) in [5.41, 5.74) is 1.43. The molecule has 1 heterocycles. The number of hydrogen-bond acceptors (Lipinski definition) is 4. The summed E-state index contributed by atoms with van der Waals surface area (Å²) < 4.78 is 26.6. The molecule has 0 fully saturated rings. The number of carbonyl (C=O) groups is 2. The fourth-order valence-electron chi connectivity index (χ4n) is 2.64. The van der Waals surface area contributed by atoms with Crippen molar-refractivity contribution in [2.45, 2.75) is 13.5 Å². The van der Waals surface area contributed by atoms with Gasteiger partial charge in [-0.1, -0.05) is 23.7 Å². The van der Waals surface area contributed by atoms with E-state index in [2.05, 4.69) is 25.8 Å². The second-order valence-corrected chi connectivity index (χ2v) is 7.68. The lowest BCUT2D eigenvalue weighted by Gasteiger charge is -2.11.